The van der Waals surface area contributed by atoms with Crippen LogP contribution in [0.15, 0.2) is 49.1 Å². The smallest absolute Gasteiger partial charge is 0.0302 e. The topological polar surface area (TPSA) is 54.6 Å². The highest BCUT2D eigenvalue weighted by molar-refractivity contribution is 5.83. The third-order valence-corrected chi connectivity index (χ3v) is 5.72. The Morgan fingerprint density at radius 1 is 0.846 bits per heavy atom. The molecule has 136 valence electrons. The molecule has 0 amide bonds. The van der Waals surface area contributed by atoms with Crippen LogP contribution >= 0.6 is 0 Å². The van der Waals surface area contributed by atoms with Crippen LogP contribution in [0.2, 0.25) is 0 Å². The minimum atomic E-state index is 0.443. The highest BCUT2D eigenvalue weighted by Crippen LogP contribution is 2.30. The molecular weight excluding hydrogens is 322 g/mol. The second-order valence-electron chi connectivity index (χ2n) is 7.44. The molecule has 5 nitrogen and oxygen atoms in total. The van der Waals surface area contributed by atoms with E-state index in [0.29, 0.717) is 17.8 Å². The molecule has 2 aromatic rings. The van der Waals surface area contributed by atoms with Gasteiger partial charge in [0.05, 0.1) is 0 Å². The lowest BCUT2D eigenvalue weighted by Gasteiger charge is -2.48. The molecule has 0 radical (unpaired) electrons. The van der Waals surface area contributed by atoms with Crippen LogP contribution in [0.5, 0.6) is 0 Å². The average molecular weight is 348 g/mol. The summed E-state index contributed by atoms with van der Waals surface area (Å²) < 4.78 is 0. The Hall–Kier alpha value is -2.43. The van der Waals surface area contributed by atoms with Gasteiger partial charge in [-0.3, -0.25) is 9.97 Å². The lowest BCUT2D eigenvalue weighted by atomic mass is 9.91. The number of hydrogen-bond acceptors (Lipinski definition) is 2. The van der Waals surface area contributed by atoms with Crippen LogP contribution in [0.25, 0.3) is 5.41 Å². The van der Waals surface area contributed by atoms with Crippen molar-refractivity contribution in [2.24, 2.45) is 0 Å². The Labute approximate surface area is 155 Å². The van der Waals surface area contributed by atoms with Crippen LogP contribution in [0, 0.1) is 0 Å². The molecule has 0 N–H and O–H groups in total. The second-order valence-corrected chi connectivity index (χ2v) is 7.44. The van der Waals surface area contributed by atoms with Crippen molar-refractivity contribution in [2.45, 2.75) is 37.5 Å². The number of likely N-dealkylation sites (tertiary alicyclic amines) is 2. The van der Waals surface area contributed by atoms with Crippen LogP contribution in [0.3, 0.4) is 0 Å². The van der Waals surface area contributed by atoms with E-state index in [4.69, 9.17) is 0 Å². The van der Waals surface area contributed by atoms with Crippen LogP contribution in [0.1, 0.15) is 48.6 Å². The van der Waals surface area contributed by atoms with Gasteiger partial charge < -0.3 is 15.2 Å². The molecular formula is C21H26N5-. The Bertz CT molecular complexity index is 656. The predicted octanol–water partition coefficient (Wildman–Crippen LogP) is 3.46. The zero-order valence-electron chi connectivity index (χ0n) is 15.2. The monoisotopic (exact) mass is 348 g/mol. The minimum Gasteiger partial charge on any atom is -0.426 e. The highest BCUT2D eigenvalue weighted by atomic mass is 15.4. The maximum Gasteiger partial charge on any atom is 0.0302 e. The van der Waals surface area contributed by atoms with E-state index < -0.39 is 0 Å². The fraction of sp³-hybridized carbons (Fsp3) is 0.476. The first-order chi connectivity index (χ1) is 12.8. The fourth-order valence-corrected chi connectivity index (χ4v) is 4.30. The average Bonchev–Trinajstić information content (AvgIpc) is 2.75. The van der Waals surface area contributed by atoms with Crippen molar-refractivity contribution in [3.8, 4) is 0 Å². The van der Waals surface area contributed by atoms with Gasteiger partial charge in [0.2, 0.25) is 0 Å². The largest absolute Gasteiger partial charge is 0.426 e. The summed E-state index contributed by atoms with van der Waals surface area (Å²) in [5, 5.41) is 11.0. The van der Waals surface area contributed by atoms with E-state index in [0.717, 1.165) is 51.9 Å². The van der Waals surface area contributed by atoms with E-state index in [1.54, 1.807) is 0 Å². The number of pyridine rings is 2. The Balaban J connectivity index is 1.42. The first kappa shape index (κ1) is 17.0. The Morgan fingerprint density at radius 2 is 1.35 bits per heavy atom. The summed E-state index contributed by atoms with van der Waals surface area (Å²) in [6.07, 6.45) is 12.1. The van der Waals surface area contributed by atoms with Crippen LogP contribution < -0.4 is 0 Å². The summed E-state index contributed by atoms with van der Waals surface area (Å²) in [4.78, 5) is 12.8. The van der Waals surface area contributed by atoms with E-state index >= 15 is 0 Å². The SMILES string of the molecule is [N-]=C(N1CCCC(c2cccnc2)C1)N1CCCC(c2cccnc2)C1. The normalized spacial score (nSPS) is 23.7. The van der Waals surface area contributed by atoms with Crippen molar-refractivity contribution < 1.29 is 0 Å². The molecule has 0 saturated carbocycles. The van der Waals surface area contributed by atoms with E-state index in [-0.39, 0.29) is 0 Å². The molecule has 2 aliphatic heterocycles. The van der Waals surface area contributed by atoms with Crippen molar-refractivity contribution in [3.05, 3.63) is 65.6 Å². The molecule has 2 aromatic heterocycles. The summed E-state index contributed by atoms with van der Waals surface area (Å²) >= 11 is 0. The summed E-state index contributed by atoms with van der Waals surface area (Å²) in [7, 11) is 0. The van der Waals surface area contributed by atoms with Gasteiger partial charge in [0.1, 0.15) is 0 Å². The van der Waals surface area contributed by atoms with Crippen LogP contribution in [-0.4, -0.2) is 51.9 Å². The van der Waals surface area contributed by atoms with E-state index in [2.05, 4.69) is 31.9 Å². The van der Waals surface area contributed by atoms with Gasteiger partial charge in [-0.1, -0.05) is 12.1 Å². The summed E-state index contributed by atoms with van der Waals surface area (Å²) in [6, 6.07) is 8.30. The van der Waals surface area contributed by atoms with Gasteiger partial charge in [-0.25, -0.2) is 0 Å². The molecule has 4 rings (SSSR count). The predicted molar refractivity (Wildman–Crippen MR) is 104 cm³/mol. The molecule has 5 heteroatoms. The maximum atomic E-state index is 11.0. The third kappa shape index (κ3) is 3.71. The van der Waals surface area contributed by atoms with E-state index in [1.807, 2.05) is 36.9 Å². The van der Waals surface area contributed by atoms with Gasteiger partial charge >= 0.3 is 0 Å². The van der Waals surface area contributed by atoms with E-state index in [9.17, 15) is 5.41 Å². The molecule has 0 spiro atoms. The Kier molecular flexibility index (Phi) is 5.14. The third-order valence-electron chi connectivity index (χ3n) is 5.72. The molecule has 2 aliphatic rings. The van der Waals surface area contributed by atoms with Gasteiger partial charge in [-0.2, -0.15) is 0 Å². The van der Waals surface area contributed by atoms with E-state index in [1.165, 1.54) is 11.1 Å². The standard InChI is InChI=1S/C21H26N5/c22-21(25-11-3-7-19(15-25)17-5-1-9-23-13-17)26-12-4-8-20(16-26)18-6-2-10-24-14-18/h1-2,5-6,9-10,13-14,19-20H,3-4,7-8,11-12,15-16H2/q-1. The summed E-state index contributed by atoms with van der Waals surface area (Å²) in [5.41, 5.74) is 2.55. The second kappa shape index (κ2) is 7.85. The maximum absolute atomic E-state index is 11.0. The number of piperidine rings is 2. The van der Waals surface area contributed by atoms with Gasteiger partial charge in [-0.05, 0) is 87.0 Å². The minimum absolute atomic E-state index is 0.443. The van der Waals surface area contributed by atoms with Crippen molar-refractivity contribution in [1.29, 1.82) is 0 Å². The van der Waals surface area contributed by atoms with Crippen molar-refractivity contribution in [1.82, 2.24) is 19.8 Å². The van der Waals surface area contributed by atoms with Crippen molar-refractivity contribution in [2.75, 3.05) is 26.2 Å². The molecule has 2 fully saturated rings. The molecule has 4 heterocycles. The number of aromatic nitrogens is 2. The highest BCUT2D eigenvalue weighted by Gasteiger charge is 2.24. The lowest BCUT2D eigenvalue weighted by Crippen LogP contribution is -2.50. The summed E-state index contributed by atoms with van der Waals surface area (Å²) in [6.45, 7) is 3.59. The fourth-order valence-electron chi connectivity index (χ4n) is 4.30. The first-order valence-electron chi connectivity index (χ1n) is 9.67. The first-order valence-corrected chi connectivity index (χ1v) is 9.67. The number of guanidine groups is 1. The number of hydrogen-bond donors (Lipinski definition) is 0. The van der Waals surface area contributed by atoms with Crippen molar-refractivity contribution >= 4 is 5.96 Å². The molecule has 2 atom stereocenters. The molecule has 0 bridgehead atoms. The van der Waals surface area contributed by atoms with Crippen molar-refractivity contribution in [3.63, 3.8) is 0 Å². The molecule has 2 unspecified atom stereocenters. The lowest BCUT2D eigenvalue weighted by molar-refractivity contribution is 0.236. The number of rotatable bonds is 2. The molecule has 26 heavy (non-hydrogen) atoms. The Morgan fingerprint density at radius 3 is 1.77 bits per heavy atom. The number of nitrogens with zero attached hydrogens (tertiary/aromatic N) is 5. The van der Waals surface area contributed by atoms with Gasteiger partial charge in [0, 0.05) is 30.7 Å². The van der Waals surface area contributed by atoms with Gasteiger partial charge in [0.25, 0.3) is 0 Å². The van der Waals surface area contributed by atoms with Crippen LogP contribution in [-0.2, 0) is 0 Å². The quantitative estimate of drug-likeness (QED) is 0.616. The van der Waals surface area contributed by atoms with Gasteiger partial charge in [0.15, 0.2) is 0 Å². The van der Waals surface area contributed by atoms with Gasteiger partial charge in [-0.15, -0.1) is 0 Å². The summed E-state index contributed by atoms with van der Waals surface area (Å²) in [5.74, 6) is 1.34. The van der Waals surface area contributed by atoms with Crippen LogP contribution in [0.4, 0.5) is 0 Å². The molecule has 2 saturated heterocycles. The molecule has 0 aliphatic carbocycles. The molecule has 0 aromatic carbocycles. The zero-order chi connectivity index (χ0) is 17.8. The zero-order valence-corrected chi connectivity index (χ0v) is 15.2.